The molecule has 0 N–H and O–H groups in total. The van der Waals surface area contributed by atoms with E-state index < -0.39 is 7.41 Å². The molecule has 0 amide bonds. The summed E-state index contributed by atoms with van der Waals surface area (Å²) in [5.41, 5.74) is 0. The second kappa shape index (κ2) is 11.8. The topological polar surface area (TPSA) is 3.24 Å². The van der Waals surface area contributed by atoms with Gasteiger partial charge in [-0.1, -0.05) is 40.0 Å². The van der Waals surface area contributed by atoms with Crippen molar-refractivity contribution in [1.29, 1.82) is 0 Å². The Morgan fingerprint density at radius 2 is 1.00 bits per heavy atom. The van der Waals surface area contributed by atoms with Crippen molar-refractivity contribution in [3.63, 3.8) is 0 Å². The van der Waals surface area contributed by atoms with Crippen LogP contribution in [0.3, 0.4) is 0 Å². The van der Waals surface area contributed by atoms with Gasteiger partial charge in [0.15, 0.2) is 0 Å². The Morgan fingerprint density at radius 1 is 0.706 bits per heavy atom. The van der Waals surface area contributed by atoms with Gasteiger partial charge in [0.05, 0.1) is 25.9 Å². The van der Waals surface area contributed by atoms with Crippen LogP contribution in [0.25, 0.3) is 0 Å². The molecule has 0 fully saturated rings. The van der Waals surface area contributed by atoms with Crippen molar-refractivity contribution in [3.8, 4) is 0 Å². The summed E-state index contributed by atoms with van der Waals surface area (Å²) in [5, 5.41) is 0. The van der Waals surface area contributed by atoms with E-state index in [1.165, 1.54) is 57.0 Å². The zero-order chi connectivity index (χ0) is 12.4. The Bertz CT molecular complexity index is 141. The number of halogens is 1. The number of unbranched alkanes of at least 4 members (excludes halogenated alkanes) is 3. The summed E-state index contributed by atoms with van der Waals surface area (Å²) in [4.78, 5) is 0. The molecule has 0 saturated heterocycles. The molecule has 0 aromatic carbocycles. The predicted octanol–water partition coefficient (Wildman–Crippen LogP) is 1.88. The first-order chi connectivity index (χ1) is 7.63. The lowest BCUT2D eigenvalue weighted by Gasteiger charge is -2.33. The molecule has 0 saturated carbocycles. The highest BCUT2D eigenvalue weighted by atomic mass is 35.5. The lowest BCUT2D eigenvalue weighted by molar-refractivity contribution is -0.00000381. The average molecular weight is 282 g/mol. The van der Waals surface area contributed by atoms with E-state index in [1.807, 2.05) is 0 Å². The molecule has 0 spiro atoms. The zero-order valence-electron chi connectivity index (χ0n) is 12.6. The van der Waals surface area contributed by atoms with Gasteiger partial charge in [-0.25, -0.2) is 0 Å². The molecule has 0 aliphatic carbocycles. The highest BCUT2D eigenvalue weighted by Crippen LogP contribution is 2.62. The van der Waals surface area contributed by atoms with E-state index in [2.05, 4.69) is 39.5 Å². The minimum Gasteiger partial charge on any atom is -1.00 e. The molecule has 0 rings (SSSR count). The molecule has 0 aromatic heterocycles. The molecular formula is C14H33ClNP. The summed E-state index contributed by atoms with van der Waals surface area (Å²) < 4.78 is 2.62. The van der Waals surface area contributed by atoms with Crippen molar-refractivity contribution in [1.82, 2.24) is 4.67 Å². The third-order valence-electron chi connectivity index (χ3n) is 3.63. The number of rotatable bonds is 10. The van der Waals surface area contributed by atoms with Gasteiger partial charge in [-0.3, -0.25) is 0 Å². The van der Waals surface area contributed by atoms with Gasteiger partial charge in [0, 0.05) is 14.1 Å². The Kier molecular flexibility index (Phi) is 13.8. The molecule has 0 heterocycles. The molecule has 0 bridgehead atoms. The van der Waals surface area contributed by atoms with Gasteiger partial charge in [0.1, 0.15) is 0 Å². The van der Waals surface area contributed by atoms with Crippen LogP contribution < -0.4 is 12.4 Å². The molecule has 3 heteroatoms. The minimum absolute atomic E-state index is 0. The molecule has 0 aliphatic heterocycles. The monoisotopic (exact) mass is 281 g/mol. The van der Waals surface area contributed by atoms with E-state index in [0.29, 0.717) is 0 Å². The van der Waals surface area contributed by atoms with Crippen molar-refractivity contribution < 1.29 is 12.4 Å². The predicted molar refractivity (Wildman–Crippen MR) is 79.9 cm³/mol. The quantitative estimate of drug-likeness (QED) is 0.553. The standard InChI is InChI=1S/C14H33NP.ClH/c1-6-9-12-16(15(4)5,13-10-7-2)14-11-8-3;/h6-14H2,1-5H3;1H/q+1;/p-1. The first-order valence-electron chi connectivity index (χ1n) is 7.16. The molecule has 0 aromatic rings. The maximum atomic E-state index is 2.62. The van der Waals surface area contributed by atoms with Gasteiger partial charge in [-0.15, -0.1) is 0 Å². The smallest absolute Gasteiger partial charge is 0.0824 e. The third-order valence-corrected chi connectivity index (χ3v) is 8.78. The van der Waals surface area contributed by atoms with Crippen LogP contribution in [0.2, 0.25) is 0 Å². The summed E-state index contributed by atoms with van der Waals surface area (Å²) in [6.07, 6.45) is 12.8. The van der Waals surface area contributed by atoms with Crippen LogP contribution in [0.5, 0.6) is 0 Å². The van der Waals surface area contributed by atoms with E-state index in [1.54, 1.807) is 0 Å². The largest absolute Gasteiger partial charge is 1.00 e. The molecule has 0 aliphatic rings. The molecular weight excluding hydrogens is 249 g/mol. The maximum absolute atomic E-state index is 2.62. The Balaban J connectivity index is 0. The van der Waals surface area contributed by atoms with Crippen LogP contribution >= 0.6 is 7.41 Å². The Morgan fingerprint density at radius 3 is 1.18 bits per heavy atom. The van der Waals surface area contributed by atoms with E-state index in [4.69, 9.17) is 0 Å². The van der Waals surface area contributed by atoms with E-state index in [0.717, 1.165) is 0 Å². The summed E-state index contributed by atoms with van der Waals surface area (Å²) in [6, 6.07) is 0. The minimum atomic E-state index is -0.784. The number of hydrogen-bond donors (Lipinski definition) is 0. The molecule has 0 unspecified atom stereocenters. The second-order valence-corrected chi connectivity index (χ2v) is 9.51. The van der Waals surface area contributed by atoms with Gasteiger partial charge in [-0.2, -0.15) is 4.67 Å². The van der Waals surface area contributed by atoms with E-state index in [9.17, 15) is 0 Å². The highest BCUT2D eigenvalue weighted by Gasteiger charge is 2.38. The fourth-order valence-corrected chi connectivity index (χ4v) is 6.88. The Hall–Kier alpha value is 0.680. The van der Waals surface area contributed by atoms with Gasteiger partial charge in [0.2, 0.25) is 0 Å². The van der Waals surface area contributed by atoms with Crippen LogP contribution in [0.1, 0.15) is 59.3 Å². The van der Waals surface area contributed by atoms with Crippen molar-refractivity contribution in [3.05, 3.63) is 0 Å². The average Bonchev–Trinajstić information content (AvgIpc) is 2.28. The number of hydrogen-bond acceptors (Lipinski definition) is 1. The van der Waals surface area contributed by atoms with Crippen LogP contribution in [0, 0.1) is 0 Å². The molecule has 106 valence electrons. The first-order valence-corrected chi connectivity index (χ1v) is 9.46. The lowest BCUT2D eigenvalue weighted by Crippen LogP contribution is -3.00. The van der Waals surface area contributed by atoms with Crippen LogP contribution in [-0.4, -0.2) is 37.3 Å². The number of nitrogens with zero attached hydrogens (tertiary/aromatic N) is 1. The lowest BCUT2D eigenvalue weighted by atomic mass is 10.4. The molecule has 0 radical (unpaired) electrons. The second-order valence-electron chi connectivity index (χ2n) is 5.17. The van der Waals surface area contributed by atoms with Crippen molar-refractivity contribution in [2.24, 2.45) is 0 Å². The summed E-state index contributed by atoms with van der Waals surface area (Å²) in [5.74, 6) is 0. The highest BCUT2D eigenvalue weighted by molar-refractivity contribution is 7.73. The van der Waals surface area contributed by atoms with E-state index >= 15 is 0 Å². The Labute approximate surface area is 117 Å². The fraction of sp³-hybridized carbons (Fsp3) is 1.00. The van der Waals surface area contributed by atoms with Crippen LogP contribution in [0.4, 0.5) is 0 Å². The van der Waals surface area contributed by atoms with Crippen LogP contribution in [0.15, 0.2) is 0 Å². The van der Waals surface area contributed by atoms with Gasteiger partial charge < -0.3 is 12.4 Å². The van der Waals surface area contributed by atoms with Crippen molar-refractivity contribution in [2.75, 3.05) is 32.6 Å². The zero-order valence-corrected chi connectivity index (χ0v) is 14.3. The fourth-order valence-electron chi connectivity index (χ4n) is 2.29. The van der Waals surface area contributed by atoms with Gasteiger partial charge in [0.25, 0.3) is 0 Å². The normalized spacial score (nSPS) is 11.6. The molecule has 0 atom stereocenters. The SMILES string of the molecule is CCCC[P+](CCCC)(CCCC)N(C)C.[Cl-]. The van der Waals surface area contributed by atoms with Crippen LogP contribution in [-0.2, 0) is 0 Å². The van der Waals surface area contributed by atoms with Gasteiger partial charge >= 0.3 is 0 Å². The van der Waals surface area contributed by atoms with Crippen molar-refractivity contribution in [2.45, 2.75) is 59.3 Å². The third kappa shape index (κ3) is 7.65. The maximum Gasteiger partial charge on any atom is 0.0824 e. The summed E-state index contributed by atoms with van der Waals surface area (Å²) >= 11 is 0. The van der Waals surface area contributed by atoms with E-state index in [-0.39, 0.29) is 12.4 Å². The van der Waals surface area contributed by atoms with Gasteiger partial charge in [-0.05, 0) is 19.3 Å². The summed E-state index contributed by atoms with van der Waals surface area (Å²) in [6.45, 7) is 6.97. The molecule has 1 nitrogen and oxygen atoms in total. The first kappa shape index (κ1) is 20.0. The van der Waals surface area contributed by atoms with Crippen molar-refractivity contribution >= 4 is 7.41 Å². The summed E-state index contributed by atoms with van der Waals surface area (Å²) in [7, 11) is 3.87. The molecule has 17 heavy (non-hydrogen) atoms.